The van der Waals surface area contributed by atoms with Crippen LogP contribution in [0.2, 0.25) is 0 Å². The summed E-state index contributed by atoms with van der Waals surface area (Å²) in [6.45, 7) is 3.41. The fourth-order valence-electron chi connectivity index (χ4n) is 1.64. The summed E-state index contributed by atoms with van der Waals surface area (Å²) in [6, 6.07) is 3.99. The van der Waals surface area contributed by atoms with Gasteiger partial charge in [0.05, 0.1) is 10.8 Å². The first-order valence-electron chi connectivity index (χ1n) is 6.09. The van der Waals surface area contributed by atoms with Gasteiger partial charge in [-0.15, -0.1) is 0 Å². The molecule has 0 saturated carbocycles. The third kappa shape index (κ3) is 4.04. The molecule has 0 aliphatic heterocycles. The minimum atomic E-state index is -0.911. The predicted molar refractivity (Wildman–Crippen MR) is 71.6 cm³/mol. The third-order valence-electron chi connectivity index (χ3n) is 2.95. The maximum Gasteiger partial charge on any atom is 0.306 e. The number of hydrogen-bond donors (Lipinski definition) is 2. The van der Waals surface area contributed by atoms with E-state index in [2.05, 4.69) is 5.32 Å². The zero-order valence-corrected chi connectivity index (χ0v) is 11.3. The van der Waals surface area contributed by atoms with Gasteiger partial charge in [-0.2, -0.15) is 0 Å². The lowest BCUT2D eigenvalue weighted by Crippen LogP contribution is -2.27. The van der Waals surface area contributed by atoms with Crippen LogP contribution in [0, 0.1) is 23.0 Å². The van der Waals surface area contributed by atoms with Crippen LogP contribution in [0.25, 0.3) is 0 Å². The molecule has 7 heteroatoms. The number of nitrogens with one attached hydrogen (secondary N) is 1. The molecule has 0 fully saturated rings. The number of hydrogen-bond acceptors (Lipinski definition) is 4. The predicted octanol–water partition coefficient (Wildman–Crippen LogP) is 1.74. The number of aliphatic carboxylic acids is 1. The van der Waals surface area contributed by atoms with Crippen molar-refractivity contribution >= 4 is 17.6 Å². The molecule has 0 spiro atoms. The van der Waals surface area contributed by atoms with Gasteiger partial charge in [0.1, 0.15) is 0 Å². The number of nitro benzene ring substituents is 1. The smallest absolute Gasteiger partial charge is 0.306 e. The minimum absolute atomic E-state index is 0.0708. The second-order valence-electron chi connectivity index (χ2n) is 4.54. The molecule has 1 unspecified atom stereocenters. The number of nitro groups is 1. The van der Waals surface area contributed by atoms with Gasteiger partial charge >= 0.3 is 5.97 Å². The Labute approximate surface area is 115 Å². The van der Waals surface area contributed by atoms with E-state index in [0.29, 0.717) is 17.5 Å². The largest absolute Gasteiger partial charge is 0.481 e. The fourth-order valence-corrected chi connectivity index (χ4v) is 1.64. The Kier molecular flexibility index (Phi) is 5.19. The van der Waals surface area contributed by atoms with Crippen LogP contribution in [0.5, 0.6) is 0 Å². The molecule has 1 aromatic rings. The van der Waals surface area contributed by atoms with E-state index in [1.54, 1.807) is 13.8 Å². The molecular weight excluding hydrogens is 264 g/mol. The second kappa shape index (κ2) is 6.65. The number of rotatable bonds is 6. The lowest BCUT2D eigenvalue weighted by molar-refractivity contribution is -0.384. The summed E-state index contributed by atoms with van der Waals surface area (Å²) in [6.07, 6.45) is 0.326. The molecule has 2 N–H and O–H groups in total. The lowest BCUT2D eigenvalue weighted by atomic mass is 10.1. The van der Waals surface area contributed by atoms with Crippen LogP contribution in [-0.4, -0.2) is 28.5 Å². The van der Waals surface area contributed by atoms with E-state index >= 15 is 0 Å². The third-order valence-corrected chi connectivity index (χ3v) is 2.95. The number of nitrogens with zero attached hydrogens (tertiary/aromatic N) is 1. The number of carbonyl (C=O) groups is 2. The van der Waals surface area contributed by atoms with E-state index in [1.165, 1.54) is 18.2 Å². The zero-order valence-electron chi connectivity index (χ0n) is 11.3. The van der Waals surface area contributed by atoms with E-state index < -0.39 is 16.8 Å². The summed E-state index contributed by atoms with van der Waals surface area (Å²) in [7, 11) is 0. The highest BCUT2D eigenvalue weighted by Crippen LogP contribution is 2.17. The molecule has 1 amide bonds. The molecule has 1 aromatic carbocycles. The van der Waals surface area contributed by atoms with Gasteiger partial charge in [-0.05, 0) is 25.0 Å². The number of amides is 1. The number of benzene rings is 1. The van der Waals surface area contributed by atoms with Gasteiger partial charge in [-0.1, -0.05) is 6.92 Å². The highest BCUT2D eigenvalue weighted by molar-refractivity contribution is 5.95. The quantitative estimate of drug-likeness (QED) is 0.609. The zero-order chi connectivity index (χ0) is 15.3. The Balaban J connectivity index is 2.64. The van der Waals surface area contributed by atoms with Gasteiger partial charge in [0, 0.05) is 24.2 Å². The van der Waals surface area contributed by atoms with Crippen molar-refractivity contribution in [3.05, 3.63) is 39.4 Å². The first-order valence-corrected chi connectivity index (χ1v) is 6.09. The van der Waals surface area contributed by atoms with Crippen LogP contribution in [0.1, 0.15) is 29.3 Å². The average Bonchev–Trinajstić information content (AvgIpc) is 2.37. The fraction of sp³-hybridized carbons (Fsp3) is 0.385. The van der Waals surface area contributed by atoms with Gasteiger partial charge in [0.25, 0.3) is 11.6 Å². The molecular formula is C13H16N2O5. The van der Waals surface area contributed by atoms with Gasteiger partial charge in [0.15, 0.2) is 0 Å². The lowest BCUT2D eigenvalue weighted by Gasteiger charge is -2.09. The van der Waals surface area contributed by atoms with Crippen LogP contribution < -0.4 is 5.32 Å². The van der Waals surface area contributed by atoms with Crippen molar-refractivity contribution in [1.29, 1.82) is 0 Å². The molecule has 0 radical (unpaired) electrons. The second-order valence-corrected chi connectivity index (χ2v) is 4.54. The maximum atomic E-state index is 11.9. The van der Waals surface area contributed by atoms with Gasteiger partial charge in [-0.25, -0.2) is 0 Å². The van der Waals surface area contributed by atoms with E-state index in [0.717, 1.165) is 0 Å². The van der Waals surface area contributed by atoms with E-state index in [9.17, 15) is 19.7 Å². The molecule has 0 aliphatic carbocycles. The van der Waals surface area contributed by atoms with Crippen LogP contribution in [0.15, 0.2) is 18.2 Å². The minimum Gasteiger partial charge on any atom is -0.481 e. The highest BCUT2D eigenvalue weighted by Gasteiger charge is 2.14. The molecule has 20 heavy (non-hydrogen) atoms. The number of carboxylic acid groups (broad SMARTS) is 1. The molecule has 0 bridgehead atoms. The molecule has 108 valence electrons. The number of non-ortho nitro benzene ring substituents is 1. The molecule has 7 nitrogen and oxygen atoms in total. The summed E-state index contributed by atoms with van der Waals surface area (Å²) in [5, 5.41) is 21.9. The van der Waals surface area contributed by atoms with E-state index in [1.807, 2.05) is 0 Å². The SMILES string of the molecule is Cc1cc([N+](=O)[O-])ccc1C(=O)NCCC(C)C(=O)O. The Morgan fingerprint density at radius 2 is 2.10 bits per heavy atom. The van der Waals surface area contributed by atoms with Crippen LogP contribution in [-0.2, 0) is 4.79 Å². The Morgan fingerprint density at radius 3 is 2.60 bits per heavy atom. The molecule has 0 aliphatic rings. The van der Waals surface area contributed by atoms with Crippen molar-refractivity contribution in [2.24, 2.45) is 5.92 Å². The summed E-state index contributed by atoms with van der Waals surface area (Å²) >= 11 is 0. The van der Waals surface area contributed by atoms with Crippen molar-refractivity contribution in [2.45, 2.75) is 20.3 Å². The number of carbonyl (C=O) groups excluding carboxylic acids is 1. The number of carboxylic acids is 1. The summed E-state index contributed by atoms with van der Waals surface area (Å²) in [5.41, 5.74) is 0.778. The standard InChI is InChI=1S/C13H16N2O5/c1-8(13(17)18)5-6-14-12(16)11-4-3-10(15(19)20)7-9(11)2/h3-4,7-8H,5-6H2,1-2H3,(H,14,16)(H,17,18). The monoisotopic (exact) mass is 280 g/mol. The van der Waals surface area contributed by atoms with Crippen LogP contribution in [0.3, 0.4) is 0 Å². The first kappa shape index (κ1) is 15.6. The molecule has 1 atom stereocenters. The van der Waals surface area contributed by atoms with Crippen molar-refractivity contribution in [3.8, 4) is 0 Å². The van der Waals surface area contributed by atoms with Gasteiger partial charge < -0.3 is 10.4 Å². The molecule has 0 saturated heterocycles. The van der Waals surface area contributed by atoms with Crippen LogP contribution in [0.4, 0.5) is 5.69 Å². The highest BCUT2D eigenvalue weighted by atomic mass is 16.6. The van der Waals surface area contributed by atoms with Crippen LogP contribution >= 0.6 is 0 Å². The van der Waals surface area contributed by atoms with E-state index in [4.69, 9.17) is 5.11 Å². The molecule has 0 heterocycles. The van der Waals surface area contributed by atoms with Crippen molar-refractivity contribution < 1.29 is 19.6 Å². The van der Waals surface area contributed by atoms with Crippen molar-refractivity contribution in [3.63, 3.8) is 0 Å². The first-order chi connectivity index (χ1) is 9.32. The summed E-state index contributed by atoms with van der Waals surface area (Å²) < 4.78 is 0. The molecule has 0 aromatic heterocycles. The normalized spacial score (nSPS) is 11.7. The summed E-state index contributed by atoms with van der Waals surface area (Å²) in [4.78, 5) is 32.6. The molecule has 1 rings (SSSR count). The Bertz CT molecular complexity index is 542. The topological polar surface area (TPSA) is 110 Å². The summed E-state index contributed by atoms with van der Waals surface area (Å²) in [5.74, 6) is -1.81. The Hall–Kier alpha value is -2.44. The number of aryl methyl sites for hydroxylation is 1. The van der Waals surface area contributed by atoms with Gasteiger partial charge in [0.2, 0.25) is 0 Å². The maximum absolute atomic E-state index is 11.9. The van der Waals surface area contributed by atoms with Gasteiger partial charge in [-0.3, -0.25) is 19.7 Å². The van der Waals surface area contributed by atoms with E-state index in [-0.39, 0.29) is 18.1 Å². The van der Waals surface area contributed by atoms with Crippen molar-refractivity contribution in [1.82, 2.24) is 5.32 Å². The average molecular weight is 280 g/mol. The Morgan fingerprint density at radius 1 is 1.45 bits per heavy atom. The van der Waals surface area contributed by atoms with Crippen molar-refractivity contribution in [2.75, 3.05) is 6.54 Å².